The summed E-state index contributed by atoms with van der Waals surface area (Å²) in [5.41, 5.74) is 3.20. The Labute approximate surface area is 406 Å². The molecule has 1 aromatic rings. The van der Waals surface area contributed by atoms with Crippen molar-refractivity contribution in [2.75, 3.05) is 14.2 Å². The van der Waals surface area contributed by atoms with E-state index in [2.05, 4.69) is 107 Å². The lowest BCUT2D eigenvalue weighted by atomic mass is 9.33. The zero-order valence-corrected chi connectivity index (χ0v) is 43.9. The topological polar surface area (TPSA) is 108 Å². The van der Waals surface area contributed by atoms with Crippen LogP contribution in [-0.2, 0) is 29.3 Å². The van der Waals surface area contributed by atoms with Crippen molar-refractivity contribution in [3.8, 4) is 11.5 Å². The van der Waals surface area contributed by atoms with Gasteiger partial charge in [-0.3, -0.25) is 14.4 Å². The molecule has 0 bridgehead atoms. The zero-order chi connectivity index (χ0) is 49.1. The number of benzene rings is 1. The van der Waals surface area contributed by atoms with E-state index >= 15 is 0 Å². The molecular weight excluding hydrogens is 849 g/mol. The van der Waals surface area contributed by atoms with E-state index in [1.165, 1.54) is 25.4 Å². The van der Waals surface area contributed by atoms with Crippen molar-refractivity contribution in [2.24, 2.45) is 66.5 Å². The van der Waals surface area contributed by atoms with E-state index in [0.717, 1.165) is 112 Å². The third-order valence-electron chi connectivity index (χ3n) is 24.5. The summed E-state index contributed by atoms with van der Waals surface area (Å²) < 4.78 is 24.9. The number of carbonyl (C=O) groups is 3. The number of methoxy groups -OCH3 is 2. The van der Waals surface area contributed by atoms with Crippen molar-refractivity contribution in [2.45, 2.75) is 190 Å². The summed E-state index contributed by atoms with van der Waals surface area (Å²) in [6, 6.07) is 2.11. The normalized spacial score (nSPS) is 50.3. The molecule has 1 aliphatic heterocycles. The van der Waals surface area contributed by atoms with Gasteiger partial charge in [-0.25, -0.2) is 0 Å². The Bertz CT molecular complexity index is 2620. The summed E-state index contributed by atoms with van der Waals surface area (Å²) in [7, 11) is 3.06. The smallest absolute Gasteiger partial charge is 0.317 e. The number of carbonyl (C=O) groups excluding carboxylic acids is 3. The fourth-order valence-electron chi connectivity index (χ4n) is 19.2. The number of fused-ring (bicyclic) bond motifs is 17. The molecule has 8 nitrogen and oxygen atoms in total. The second kappa shape index (κ2) is 13.6. The number of esters is 2. The molecule has 0 amide bonds. The van der Waals surface area contributed by atoms with Crippen molar-refractivity contribution in [1.82, 2.24) is 0 Å². The van der Waals surface area contributed by atoms with Crippen molar-refractivity contribution in [3.63, 3.8) is 0 Å². The summed E-state index contributed by atoms with van der Waals surface area (Å²) in [6.07, 6.45) is 24.6. The van der Waals surface area contributed by atoms with Crippen LogP contribution in [0.1, 0.15) is 183 Å². The standard InChI is InChI=1S/C60H80O8/c1-35-36-15-17-41-53(6,25-29-57(10)43-33-51(4,47(62)65-13)21-19-49(43,2)23-27-55(41,57)8)38(36)31-40-46(35)68-59(12)37-16-18-42-54(7,39(37)32-45(61)60(59,64)67-40)26-30-58(11)44-34-52(5,48(63)66-14)22-20-50(44,3)24-28-56(42,58)9/h15-18,31-32,41,43-44,64H,19-30,33-34H2,1-14H3/t41-,43+,44+,49+,50+,51-,52+,53-,54-,55+,56+,57-,58-,59-,60+/m0/s1. The molecule has 15 atom stereocenters. The molecule has 1 heterocycles. The highest BCUT2D eigenvalue weighted by molar-refractivity contribution is 6.02. The first-order chi connectivity index (χ1) is 31.6. The molecule has 8 heteroatoms. The van der Waals surface area contributed by atoms with Crippen LogP contribution < -0.4 is 9.47 Å². The Morgan fingerprint density at radius 2 is 1.22 bits per heavy atom. The molecule has 6 saturated carbocycles. The Hall–Kier alpha value is -3.65. The van der Waals surface area contributed by atoms with Crippen molar-refractivity contribution in [1.29, 1.82) is 0 Å². The highest BCUT2D eigenvalue weighted by atomic mass is 16.7. The van der Waals surface area contributed by atoms with Crippen molar-refractivity contribution in [3.05, 3.63) is 63.8 Å². The number of allylic oxidation sites excluding steroid dienone is 4. The number of hydrogen-bond acceptors (Lipinski definition) is 8. The van der Waals surface area contributed by atoms with E-state index in [0.29, 0.717) is 23.3 Å². The number of ketones is 1. The minimum Gasteiger partial charge on any atom is -0.471 e. The van der Waals surface area contributed by atoms with Crippen LogP contribution in [0.25, 0.3) is 6.08 Å². The van der Waals surface area contributed by atoms with Crippen molar-refractivity contribution >= 4 is 23.8 Å². The predicted molar refractivity (Wildman–Crippen MR) is 264 cm³/mol. The maximum atomic E-state index is 14.9. The fraction of sp³-hybridized carbons (Fsp3) is 0.717. The lowest BCUT2D eigenvalue weighted by molar-refractivity contribution is -0.231. The first kappa shape index (κ1) is 46.7. The predicted octanol–water partition coefficient (Wildman–Crippen LogP) is 12.7. The van der Waals surface area contributed by atoms with Gasteiger partial charge in [0.1, 0.15) is 0 Å². The monoisotopic (exact) mass is 929 g/mol. The number of ether oxygens (including phenoxy) is 4. The third-order valence-corrected chi connectivity index (χ3v) is 24.5. The number of rotatable bonds is 2. The van der Waals surface area contributed by atoms with Gasteiger partial charge in [0, 0.05) is 22.0 Å². The molecule has 1 aromatic carbocycles. The maximum Gasteiger partial charge on any atom is 0.317 e. The second-order valence-corrected chi connectivity index (χ2v) is 27.4. The molecule has 1 N–H and O–H groups in total. The first-order valence-electron chi connectivity index (χ1n) is 26.4. The Morgan fingerprint density at radius 1 is 0.662 bits per heavy atom. The number of hydrogen-bond donors (Lipinski definition) is 1. The fourth-order valence-corrected chi connectivity index (χ4v) is 19.2. The van der Waals surface area contributed by atoms with Crippen LogP contribution in [0.5, 0.6) is 11.5 Å². The summed E-state index contributed by atoms with van der Waals surface area (Å²) in [6.45, 7) is 27.9. The molecule has 11 rings (SSSR count). The minimum absolute atomic E-state index is 0.00647. The molecular formula is C60H80O8. The summed E-state index contributed by atoms with van der Waals surface area (Å²) in [5.74, 6) is -0.961. The average molecular weight is 929 g/mol. The molecule has 68 heavy (non-hydrogen) atoms. The van der Waals surface area contributed by atoms with E-state index in [9.17, 15) is 19.5 Å². The maximum absolute atomic E-state index is 14.9. The van der Waals surface area contributed by atoms with E-state index in [1.54, 1.807) is 6.08 Å². The van der Waals surface area contributed by atoms with Crippen LogP contribution in [0, 0.1) is 73.4 Å². The minimum atomic E-state index is -2.28. The van der Waals surface area contributed by atoms with Gasteiger partial charge in [0.05, 0.1) is 25.0 Å². The van der Waals surface area contributed by atoms with Crippen molar-refractivity contribution < 1.29 is 38.4 Å². The zero-order valence-electron chi connectivity index (χ0n) is 43.9. The first-order valence-corrected chi connectivity index (χ1v) is 26.4. The van der Waals surface area contributed by atoms with E-state index in [-0.39, 0.29) is 55.8 Å². The van der Waals surface area contributed by atoms with Gasteiger partial charge in [-0.1, -0.05) is 85.3 Å². The lowest BCUT2D eigenvalue weighted by Crippen LogP contribution is -2.70. The second-order valence-electron chi connectivity index (χ2n) is 27.4. The molecule has 0 saturated heterocycles. The van der Waals surface area contributed by atoms with Crippen LogP contribution in [0.4, 0.5) is 0 Å². The van der Waals surface area contributed by atoms with Crippen LogP contribution in [0.2, 0.25) is 0 Å². The van der Waals surface area contributed by atoms with E-state index < -0.39 is 33.4 Å². The highest BCUT2D eigenvalue weighted by Gasteiger charge is 2.72. The largest absolute Gasteiger partial charge is 0.471 e. The Kier molecular flexibility index (Phi) is 9.37. The van der Waals surface area contributed by atoms with Crippen LogP contribution >= 0.6 is 0 Å². The van der Waals surface area contributed by atoms with Gasteiger partial charge in [-0.2, -0.15) is 0 Å². The SMILES string of the molecule is COC(=O)[C@@]1(C)CC[C@]2(C)CC[C@]3(C)[C@H]4C=Cc5c(cc6c(c5C)O[C@@]5(C)C7=CC=C8[C@@](C)(CC[C@@]9(C)[C@@H]%10C[C@](C)(C(=O)OC)CC[C@]%10(C)CC[C@]89C)C7=CC(=O)[C@@]5(O)O6)[C@]4(C)CC[C@@]3(C)[C@@H]2C1. The highest BCUT2D eigenvalue weighted by Crippen LogP contribution is 2.78. The summed E-state index contributed by atoms with van der Waals surface area (Å²) in [4.78, 5) is 41.6. The van der Waals surface area contributed by atoms with Gasteiger partial charge >= 0.3 is 17.7 Å². The van der Waals surface area contributed by atoms with Gasteiger partial charge in [-0.05, 0) is 197 Å². The summed E-state index contributed by atoms with van der Waals surface area (Å²) in [5, 5.41) is 12.9. The average Bonchev–Trinajstić information content (AvgIpc) is 3.29. The van der Waals surface area contributed by atoms with Gasteiger partial charge in [0.2, 0.25) is 11.4 Å². The molecule has 0 radical (unpaired) electrons. The lowest BCUT2D eigenvalue weighted by Gasteiger charge is -2.71. The van der Waals surface area contributed by atoms with Gasteiger partial charge in [-0.15, -0.1) is 0 Å². The Morgan fingerprint density at radius 3 is 1.84 bits per heavy atom. The van der Waals surface area contributed by atoms with Crippen LogP contribution in [0.3, 0.4) is 0 Å². The van der Waals surface area contributed by atoms with Gasteiger partial charge in [0.25, 0.3) is 0 Å². The van der Waals surface area contributed by atoms with E-state index in [1.807, 2.05) is 6.92 Å². The Balaban J connectivity index is 0.954. The summed E-state index contributed by atoms with van der Waals surface area (Å²) >= 11 is 0. The molecule has 6 fully saturated rings. The molecule has 0 unspecified atom stereocenters. The molecule has 9 aliphatic carbocycles. The van der Waals surface area contributed by atoms with E-state index in [4.69, 9.17) is 18.9 Å². The van der Waals surface area contributed by atoms with Crippen LogP contribution in [-0.4, -0.2) is 48.4 Å². The van der Waals surface area contributed by atoms with Gasteiger partial charge < -0.3 is 24.1 Å². The molecule has 0 aromatic heterocycles. The third kappa shape index (κ3) is 5.25. The van der Waals surface area contributed by atoms with Gasteiger partial charge in [0.15, 0.2) is 11.5 Å². The molecule has 0 spiro atoms. The van der Waals surface area contributed by atoms with Crippen LogP contribution in [0.15, 0.2) is 47.1 Å². The number of aliphatic hydroxyl groups is 1. The quantitative estimate of drug-likeness (QED) is 0.292. The molecule has 368 valence electrons. The molecule has 10 aliphatic rings.